The van der Waals surface area contributed by atoms with Crippen LogP contribution in [0.15, 0.2) is 12.2 Å². The van der Waals surface area contributed by atoms with Gasteiger partial charge in [-0.2, -0.15) is 0 Å². The van der Waals surface area contributed by atoms with E-state index < -0.39 is 0 Å². The summed E-state index contributed by atoms with van der Waals surface area (Å²) >= 11 is 0. The molecule has 0 saturated heterocycles. The van der Waals surface area contributed by atoms with Gasteiger partial charge in [0.25, 0.3) is 0 Å². The summed E-state index contributed by atoms with van der Waals surface area (Å²) in [7, 11) is 1.49. The number of aliphatic hydroxyl groups excluding tert-OH is 1. The van der Waals surface area contributed by atoms with Gasteiger partial charge in [0, 0.05) is 6.61 Å². The zero-order valence-electron chi connectivity index (χ0n) is 13.1. The van der Waals surface area contributed by atoms with Crippen LogP contribution in [0.5, 0.6) is 0 Å². The minimum atomic E-state index is -0.379. The van der Waals surface area contributed by atoms with Gasteiger partial charge in [0.1, 0.15) is 0 Å². The van der Waals surface area contributed by atoms with Crippen molar-refractivity contribution in [3.05, 3.63) is 12.2 Å². The minimum absolute atomic E-state index is 0.0660. The molecule has 114 valence electrons. The molecule has 2 aliphatic carbocycles. The topological polar surface area (TPSA) is 46.5 Å². The van der Waals surface area contributed by atoms with E-state index in [1.807, 2.05) is 0 Å². The molecule has 0 aromatic rings. The molecular weight excluding hydrogens is 252 g/mol. The van der Waals surface area contributed by atoms with Gasteiger partial charge in [0.15, 0.2) is 0 Å². The maximum absolute atomic E-state index is 12.3. The lowest BCUT2D eigenvalue weighted by atomic mass is 9.47. The molecule has 0 heterocycles. The molecule has 0 amide bonds. The summed E-state index contributed by atoms with van der Waals surface area (Å²) in [6.45, 7) is 8.80. The number of aliphatic hydroxyl groups is 1. The van der Waals surface area contributed by atoms with E-state index in [9.17, 15) is 9.90 Å². The first-order valence-electron chi connectivity index (χ1n) is 7.77. The van der Waals surface area contributed by atoms with E-state index >= 15 is 0 Å². The highest BCUT2D eigenvalue weighted by Crippen LogP contribution is 2.61. The molecule has 0 unspecified atom stereocenters. The highest BCUT2D eigenvalue weighted by Gasteiger charge is 2.57. The van der Waals surface area contributed by atoms with Gasteiger partial charge >= 0.3 is 5.97 Å². The molecule has 2 rings (SSSR count). The van der Waals surface area contributed by atoms with Crippen LogP contribution in [0, 0.1) is 22.7 Å². The zero-order valence-corrected chi connectivity index (χ0v) is 13.1. The molecule has 3 heteroatoms. The van der Waals surface area contributed by atoms with Crippen LogP contribution in [0.1, 0.15) is 52.4 Å². The molecule has 3 nitrogen and oxygen atoms in total. The fourth-order valence-corrected chi connectivity index (χ4v) is 5.09. The van der Waals surface area contributed by atoms with E-state index in [0.29, 0.717) is 11.8 Å². The van der Waals surface area contributed by atoms with Crippen molar-refractivity contribution in [2.75, 3.05) is 13.7 Å². The predicted molar refractivity (Wildman–Crippen MR) is 79.1 cm³/mol. The monoisotopic (exact) mass is 280 g/mol. The van der Waals surface area contributed by atoms with E-state index in [1.165, 1.54) is 12.7 Å². The molecule has 4 atom stereocenters. The van der Waals surface area contributed by atoms with Gasteiger partial charge in [-0.3, -0.25) is 4.79 Å². The summed E-state index contributed by atoms with van der Waals surface area (Å²) in [6, 6.07) is 0. The second kappa shape index (κ2) is 5.51. The largest absolute Gasteiger partial charge is 0.469 e. The normalized spacial score (nSPS) is 41.1. The Morgan fingerprint density at radius 1 is 1.45 bits per heavy atom. The van der Waals surface area contributed by atoms with Crippen molar-refractivity contribution in [1.82, 2.24) is 0 Å². The quantitative estimate of drug-likeness (QED) is 0.637. The Morgan fingerprint density at radius 3 is 2.75 bits per heavy atom. The lowest BCUT2D eigenvalue weighted by Crippen LogP contribution is -2.53. The van der Waals surface area contributed by atoms with E-state index in [0.717, 1.165) is 38.5 Å². The Hall–Kier alpha value is -0.830. The second-order valence-electron chi connectivity index (χ2n) is 7.08. The Bertz CT molecular complexity index is 403. The molecule has 0 aliphatic heterocycles. The van der Waals surface area contributed by atoms with Crippen LogP contribution in [-0.4, -0.2) is 24.8 Å². The average Bonchev–Trinajstić information content (AvgIpc) is 2.41. The Labute approximate surface area is 122 Å². The number of rotatable bonds is 3. The smallest absolute Gasteiger partial charge is 0.311 e. The number of carbonyl (C=O) groups excluding carboxylic acids is 1. The third-order valence-corrected chi connectivity index (χ3v) is 6.09. The van der Waals surface area contributed by atoms with Crippen LogP contribution in [0.3, 0.4) is 0 Å². The standard InChI is InChI=1S/C17H28O3/c1-12-6-7-14-16(2,13(12)8-11-18)9-5-10-17(14,3)15(19)20-4/h13-14,18H,1,5-11H2,2-4H3/t13-,14+,16+,17-/m0/s1. The first kappa shape index (κ1) is 15.6. The van der Waals surface area contributed by atoms with Gasteiger partial charge in [-0.15, -0.1) is 0 Å². The molecule has 2 fully saturated rings. The third kappa shape index (κ3) is 2.20. The molecule has 20 heavy (non-hydrogen) atoms. The average molecular weight is 280 g/mol. The summed E-state index contributed by atoms with van der Waals surface area (Å²) < 4.78 is 5.10. The number of carbonyl (C=O) groups is 1. The molecule has 0 radical (unpaired) electrons. The van der Waals surface area contributed by atoms with E-state index in [4.69, 9.17) is 4.74 Å². The van der Waals surface area contributed by atoms with Gasteiger partial charge in [-0.1, -0.05) is 25.5 Å². The second-order valence-corrected chi connectivity index (χ2v) is 7.08. The first-order chi connectivity index (χ1) is 9.40. The minimum Gasteiger partial charge on any atom is -0.469 e. The molecule has 0 spiro atoms. The highest BCUT2D eigenvalue weighted by molar-refractivity contribution is 5.77. The number of ether oxygens (including phenoxy) is 1. The molecule has 0 aromatic heterocycles. The first-order valence-corrected chi connectivity index (χ1v) is 7.77. The summed E-state index contributed by atoms with van der Waals surface area (Å²) in [6.07, 6.45) is 5.84. The molecule has 2 aliphatic rings. The van der Waals surface area contributed by atoms with Crippen molar-refractivity contribution < 1.29 is 14.6 Å². The maximum Gasteiger partial charge on any atom is 0.311 e. The van der Waals surface area contributed by atoms with E-state index in [2.05, 4.69) is 20.4 Å². The van der Waals surface area contributed by atoms with Crippen molar-refractivity contribution in [3.8, 4) is 0 Å². The van der Waals surface area contributed by atoms with E-state index in [-0.39, 0.29) is 23.4 Å². The SMILES string of the molecule is C=C1CC[C@@H]2[C@](C)(CCC[C@]2(C)C(=O)OC)[C@H]1CCO. The van der Waals surface area contributed by atoms with Crippen molar-refractivity contribution >= 4 is 5.97 Å². The van der Waals surface area contributed by atoms with E-state index in [1.54, 1.807) is 0 Å². The Morgan fingerprint density at radius 2 is 2.15 bits per heavy atom. The number of allylic oxidation sites excluding steroid dienone is 1. The number of fused-ring (bicyclic) bond motifs is 1. The highest BCUT2D eigenvalue weighted by atomic mass is 16.5. The lowest BCUT2D eigenvalue weighted by molar-refractivity contribution is -0.168. The van der Waals surface area contributed by atoms with Gasteiger partial charge in [-0.25, -0.2) is 0 Å². The molecule has 0 aromatic carbocycles. The third-order valence-electron chi connectivity index (χ3n) is 6.09. The van der Waals surface area contributed by atoms with Crippen molar-refractivity contribution in [2.45, 2.75) is 52.4 Å². The number of hydrogen-bond acceptors (Lipinski definition) is 3. The van der Waals surface area contributed by atoms with Crippen LogP contribution in [0.25, 0.3) is 0 Å². The Balaban J connectivity index is 2.38. The Kier molecular flexibility index (Phi) is 4.29. The van der Waals surface area contributed by atoms with Crippen molar-refractivity contribution in [3.63, 3.8) is 0 Å². The molecule has 2 saturated carbocycles. The zero-order chi connectivity index (χ0) is 15.0. The van der Waals surface area contributed by atoms with Gasteiger partial charge in [-0.05, 0) is 56.3 Å². The fourth-order valence-electron chi connectivity index (χ4n) is 5.09. The van der Waals surface area contributed by atoms with Crippen LogP contribution in [-0.2, 0) is 9.53 Å². The number of esters is 1. The van der Waals surface area contributed by atoms with Crippen molar-refractivity contribution in [1.29, 1.82) is 0 Å². The fraction of sp³-hybridized carbons (Fsp3) is 0.824. The summed E-state index contributed by atoms with van der Waals surface area (Å²) in [5.41, 5.74) is 0.946. The summed E-state index contributed by atoms with van der Waals surface area (Å²) in [5.74, 6) is 0.595. The van der Waals surface area contributed by atoms with Crippen molar-refractivity contribution in [2.24, 2.45) is 22.7 Å². The van der Waals surface area contributed by atoms with Crippen LogP contribution >= 0.6 is 0 Å². The van der Waals surface area contributed by atoms with Crippen LogP contribution in [0.4, 0.5) is 0 Å². The molecule has 0 bridgehead atoms. The number of methoxy groups -OCH3 is 1. The number of hydrogen-bond donors (Lipinski definition) is 1. The molecular formula is C17H28O3. The van der Waals surface area contributed by atoms with Crippen LogP contribution < -0.4 is 0 Å². The maximum atomic E-state index is 12.3. The van der Waals surface area contributed by atoms with Gasteiger partial charge in [0.2, 0.25) is 0 Å². The predicted octanol–water partition coefficient (Wildman–Crippen LogP) is 3.32. The van der Waals surface area contributed by atoms with Gasteiger partial charge in [0.05, 0.1) is 12.5 Å². The summed E-state index contributed by atoms with van der Waals surface area (Å²) in [5, 5.41) is 9.39. The lowest BCUT2D eigenvalue weighted by Gasteiger charge is -2.57. The van der Waals surface area contributed by atoms with Crippen LogP contribution in [0.2, 0.25) is 0 Å². The summed E-state index contributed by atoms with van der Waals surface area (Å²) in [4.78, 5) is 12.3. The van der Waals surface area contributed by atoms with Gasteiger partial charge < -0.3 is 9.84 Å². The molecule has 1 N–H and O–H groups in total.